The van der Waals surface area contributed by atoms with Gasteiger partial charge in [-0.05, 0) is 18.2 Å². The van der Waals surface area contributed by atoms with Crippen LogP contribution in [0, 0.1) is 0 Å². The lowest BCUT2D eigenvalue weighted by Crippen LogP contribution is -2.42. The van der Waals surface area contributed by atoms with E-state index in [-0.39, 0.29) is 12.1 Å². The first-order valence-corrected chi connectivity index (χ1v) is 5.48. The van der Waals surface area contributed by atoms with Crippen molar-refractivity contribution in [3.05, 3.63) is 28.2 Å². The minimum Gasteiger partial charge on any atom is -0.467 e. The predicted molar refractivity (Wildman–Crippen MR) is 55.3 cm³/mol. The summed E-state index contributed by atoms with van der Waals surface area (Å²) >= 11 is 3.32. The van der Waals surface area contributed by atoms with Crippen molar-refractivity contribution < 1.29 is 14.4 Å². The maximum Gasteiger partial charge on any atom is 0.284 e. The molecule has 0 saturated carbocycles. The van der Waals surface area contributed by atoms with Gasteiger partial charge in [0, 0.05) is 10.9 Å². The van der Waals surface area contributed by atoms with Gasteiger partial charge in [0.05, 0.1) is 12.2 Å². The van der Waals surface area contributed by atoms with Crippen molar-refractivity contribution in [3.63, 3.8) is 0 Å². The molecule has 4 nitrogen and oxygen atoms in total. The standard InChI is InChI=1S/C10H8BrNO3/c11-6-1-2-8-7(5-6)10(13)12-9(15-8)3-4-14-12/h1-2,5,9H,3-4H2/t9-/m0/s1. The second-order valence-electron chi connectivity index (χ2n) is 3.47. The first kappa shape index (κ1) is 9.18. The van der Waals surface area contributed by atoms with Crippen LogP contribution in [0.15, 0.2) is 22.7 Å². The number of ether oxygens (including phenoxy) is 1. The molecule has 78 valence electrons. The summed E-state index contributed by atoms with van der Waals surface area (Å²) in [5.74, 6) is 0.509. The van der Waals surface area contributed by atoms with Crippen molar-refractivity contribution >= 4 is 21.8 Å². The molecule has 1 atom stereocenters. The van der Waals surface area contributed by atoms with Crippen molar-refractivity contribution in [1.29, 1.82) is 0 Å². The minimum absolute atomic E-state index is 0.125. The van der Waals surface area contributed by atoms with Gasteiger partial charge in [-0.25, -0.2) is 0 Å². The Kier molecular flexibility index (Phi) is 1.97. The van der Waals surface area contributed by atoms with Crippen molar-refractivity contribution in [2.75, 3.05) is 6.61 Å². The lowest BCUT2D eigenvalue weighted by molar-refractivity contribution is -0.140. The van der Waals surface area contributed by atoms with Crippen LogP contribution in [-0.2, 0) is 4.84 Å². The van der Waals surface area contributed by atoms with E-state index in [4.69, 9.17) is 9.57 Å². The highest BCUT2D eigenvalue weighted by Crippen LogP contribution is 2.33. The predicted octanol–water partition coefficient (Wildman–Crippen LogP) is 1.95. The summed E-state index contributed by atoms with van der Waals surface area (Å²) in [5.41, 5.74) is 0.544. The number of nitrogens with zero attached hydrogens (tertiary/aromatic N) is 1. The van der Waals surface area contributed by atoms with Gasteiger partial charge < -0.3 is 4.74 Å². The molecule has 1 fully saturated rings. The number of amides is 1. The number of carbonyl (C=O) groups is 1. The lowest BCUT2D eigenvalue weighted by atomic mass is 10.1. The largest absolute Gasteiger partial charge is 0.467 e. The third-order valence-electron chi connectivity index (χ3n) is 2.49. The molecule has 2 aliphatic heterocycles. The van der Waals surface area contributed by atoms with Crippen LogP contribution in [0.5, 0.6) is 5.75 Å². The van der Waals surface area contributed by atoms with E-state index in [0.717, 1.165) is 10.9 Å². The first-order chi connectivity index (χ1) is 7.25. The Morgan fingerprint density at radius 3 is 3.20 bits per heavy atom. The average molecular weight is 270 g/mol. The van der Waals surface area contributed by atoms with Crippen molar-refractivity contribution in [2.24, 2.45) is 0 Å². The van der Waals surface area contributed by atoms with Crippen LogP contribution in [0.25, 0.3) is 0 Å². The minimum atomic E-state index is -0.258. The van der Waals surface area contributed by atoms with E-state index in [1.807, 2.05) is 6.07 Å². The highest BCUT2D eigenvalue weighted by Gasteiger charge is 2.38. The van der Waals surface area contributed by atoms with Gasteiger partial charge in [0.2, 0.25) is 6.23 Å². The van der Waals surface area contributed by atoms with Gasteiger partial charge in [-0.2, -0.15) is 5.06 Å². The van der Waals surface area contributed by atoms with E-state index >= 15 is 0 Å². The first-order valence-electron chi connectivity index (χ1n) is 4.68. The molecule has 1 aromatic carbocycles. The van der Waals surface area contributed by atoms with Crippen LogP contribution in [0.4, 0.5) is 0 Å². The molecule has 5 heteroatoms. The summed E-state index contributed by atoms with van der Waals surface area (Å²) in [4.78, 5) is 17.2. The number of hydroxylamine groups is 2. The van der Waals surface area contributed by atoms with Crippen LogP contribution in [0.1, 0.15) is 16.8 Å². The highest BCUT2D eigenvalue weighted by molar-refractivity contribution is 9.10. The molecule has 0 N–H and O–H groups in total. The normalized spacial score (nSPS) is 23.4. The monoisotopic (exact) mass is 269 g/mol. The Hall–Kier alpha value is -1.07. The molecule has 1 saturated heterocycles. The highest BCUT2D eigenvalue weighted by atomic mass is 79.9. The van der Waals surface area contributed by atoms with Crippen LogP contribution < -0.4 is 4.74 Å². The van der Waals surface area contributed by atoms with E-state index in [1.54, 1.807) is 12.1 Å². The van der Waals surface area contributed by atoms with E-state index in [1.165, 1.54) is 5.06 Å². The fourth-order valence-corrected chi connectivity index (χ4v) is 2.15. The molecule has 0 aliphatic carbocycles. The Labute approximate surface area is 94.8 Å². The van der Waals surface area contributed by atoms with Crippen LogP contribution in [-0.4, -0.2) is 23.8 Å². The van der Waals surface area contributed by atoms with E-state index in [9.17, 15) is 4.79 Å². The third kappa shape index (κ3) is 1.34. The topological polar surface area (TPSA) is 38.8 Å². The number of benzene rings is 1. The molecule has 1 amide bonds. The number of hydrogen-bond acceptors (Lipinski definition) is 3. The van der Waals surface area contributed by atoms with Crippen molar-refractivity contribution in [3.8, 4) is 5.75 Å². The average Bonchev–Trinajstić information content (AvgIpc) is 2.68. The van der Waals surface area contributed by atoms with Gasteiger partial charge in [-0.1, -0.05) is 15.9 Å². The third-order valence-corrected chi connectivity index (χ3v) is 2.99. The number of hydrogen-bond donors (Lipinski definition) is 0. The van der Waals surface area contributed by atoms with Crippen LogP contribution in [0.3, 0.4) is 0 Å². The summed E-state index contributed by atoms with van der Waals surface area (Å²) in [7, 11) is 0. The quantitative estimate of drug-likeness (QED) is 0.723. The fourth-order valence-electron chi connectivity index (χ4n) is 1.79. The number of carbonyl (C=O) groups excluding carboxylic acids is 1. The number of halogens is 1. The number of fused-ring (bicyclic) bond motifs is 2. The molecule has 3 rings (SSSR count). The molecule has 0 spiro atoms. The van der Waals surface area contributed by atoms with E-state index in [0.29, 0.717) is 17.9 Å². The summed E-state index contributed by atoms with van der Waals surface area (Å²) in [6, 6.07) is 5.40. The molecular weight excluding hydrogens is 262 g/mol. The Morgan fingerprint density at radius 2 is 2.33 bits per heavy atom. The summed E-state index contributed by atoms with van der Waals surface area (Å²) in [6.45, 7) is 0.533. The Balaban J connectivity index is 2.09. The van der Waals surface area contributed by atoms with Crippen molar-refractivity contribution in [2.45, 2.75) is 12.6 Å². The molecule has 0 aromatic heterocycles. The summed E-state index contributed by atoms with van der Waals surface area (Å²) in [5, 5.41) is 1.31. The summed E-state index contributed by atoms with van der Waals surface area (Å²) < 4.78 is 6.50. The zero-order valence-corrected chi connectivity index (χ0v) is 9.36. The summed E-state index contributed by atoms with van der Waals surface area (Å²) in [6.07, 6.45) is 0.465. The molecular formula is C10H8BrNO3. The van der Waals surface area contributed by atoms with Crippen molar-refractivity contribution in [1.82, 2.24) is 5.06 Å². The molecule has 15 heavy (non-hydrogen) atoms. The molecule has 2 heterocycles. The van der Waals surface area contributed by atoms with E-state index in [2.05, 4.69) is 15.9 Å². The SMILES string of the molecule is O=C1c2cc(Br)ccc2O[C@H]2CCON12. The van der Waals surface area contributed by atoms with Crippen LogP contribution >= 0.6 is 15.9 Å². The molecule has 0 unspecified atom stereocenters. The molecule has 1 aromatic rings. The zero-order valence-electron chi connectivity index (χ0n) is 7.77. The molecule has 0 bridgehead atoms. The van der Waals surface area contributed by atoms with Gasteiger partial charge in [-0.3, -0.25) is 9.63 Å². The van der Waals surface area contributed by atoms with Gasteiger partial charge in [0.15, 0.2) is 0 Å². The van der Waals surface area contributed by atoms with Gasteiger partial charge in [-0.15, -0.1) is 0 Å². The van der Waals surface area contributed by atoms with E-state index < -0.39 is 0 Å². The second-order valence-corrected chi connectivity index (χ2v) is 4.38. The Morgan fingerprint density at radius 1 is 1.47 bits per heavy atom. The second kappa shape index (κ2) is 3.21. The molecule has 2 aliphatic rings. The molecule has 0 radical (unpaired) electrons. The van der Waals surface area contributed by atoms with Gasteiger partial charge in [0.25, 0.3) is 5.91 Å². The smallest absolute Gasteiger partial charge is 0.284 e. The zero-order chi connectivity index (χ0) is 10.4. The number of rotatable bonds is 0. The fraction of sp³-hybridized carbons (Fsp3) is 0.300. The van der Waals surface area contributed by atoms with Crippen LogP contribution in [0.2, 0.25) is 0 Å². The maximum absolute atomic E-state index is 12.0. The maximum atomic E-state index is 12.0. The Bertz CT molecular complexity index is 435. The van der Waals surface area contributed by atoms with Gasteiger partial charge >= 0.3 is 0 Å². The lowest BCUT2D eigenvalue weighted by Gasteiger charge is -2.29. The van der Waals surface area contributed by atoms with Gasteiger partial charge in [0.1, 0.15) is 5.75 Å².